The number of para-hydroxylation sites is 2. The molecule has 0 saturated carbocycles. The van der Waals surface area contributed by atoms with E-state index in [2.05, 4.69) is 10.3 Å². The largest absolute Gasteiger partial charge is 0.316 e. The van der Waals surface area contributed by atoms with E-state index in [1.165, 1.54) is 12.1 Å². The van der Waals surface area contributed by atoms with Crippen LogP contribution in [0.25, 0.3) is 11.3 Å². The summed E-state index contributed by atoms with van der Waals surface area (Å²) in [5.74, 6) is -0.406. The van der Waals surface area contributed by atoms with Gasteiger partial charge in [-0.3, -0.25) is 19.9 Å². The Morgan fingerprint density at radius 3 is 2.33 bits per heavy atom. The molecule has 0 bridgehead atoms. The average molecular weight is 319 g/mol. The van der Waals surface area contributed by atoms with Gasteiger partial charge in [-0.05, 0) is 30.3 Å². The summed E-state index contributed by atoms with van der Waals surface area (Å²) >= 11 is 0. The van der Waals surface area contributed by atoms with Crippen molar-refractivity contribution in [3.05, 3.63) is 88.6 Å². The monoisotopic (exact) mass is 319 g/mol. The standard InChI is InChI=1S/C18H13N3O3/c22-18(20-16-6-1-2-7-17(16)21(23)24)14-10-8-13(9-11-14)15-5-3-4-12-19-15/h1-12H,(H,20,22). The molecule has 24 heavy (non-hydrogen) atoms. The van der Waals surface area contributed by atoms with Crippen LogP contribution >= 0.6 is 0 Å². The number of rotatable bonds is 4. The lowest BCUT2D eigenvalue weighted by atomic mass is 10.1. The van der Waals surface area contributed by atoms with Crippen molar-refractivity contribution < 1.29 is 9.72 Å². The number of carbonyl (C=O) groups is 1. The molecule has 0 atom stereocenters. The van der Waals surface area contributed by atoms with Crippen molar-refractivity contribution >= 4 is 17.3 Å². The summed E-state index contributed by atoms with van der Waals surface area (Å²) in [6.45, 7) is 0. The van der Waals surface area contributed by atoms with E-state index in [1.807, 2.05) is 18.2 Å². The van der Waals surface area contributed by atoms with Gasteiger partial charge in [-0.1, -0.05) is 30.3 Å². The molecule has 0 unspecified atom stereocenters. The molecule has 3 aromatic rings. The Hall–Kier alpha value is -3.54. The number of aromatic nitrogens is 1. The highest BCUT2D eigenvalue weighted by atomic mass is 16.6. The van der Waals surface area contributed by atoms with Crippen molar-refractivity contribution in [2.45, 2.75) is 0 Å². The summed E-state index contributed by atoms with van der Waals surface area (Å²) in [6.07, 6.45) is 1.70. The molecule has 6 heteroatoms. The van der Waals surface area contributed by atoms with Crippen molar-refractivity contribution in [2.75, 3.05) is 5.32 Å². The van der Waals surface area contributed by atoms with Crippen LogP contribution in [0.15, 0.2) is 72.9 Å². The zero-order valence-electron chi connectivity index (χ0n) is 12.5. The Morgan fingerprint density at radius 1 is 0.958 bits per heavy atom. The second-order valence-corrected chi connectivity index (χ2v) is 5.02. The van der Waals surface area contributed by atoms with E-state index in [1.54, 1.807) is 42.6 Å². The number of anilines is 1. The molecular weight excluding hydrogens is 306 g/mol. The highest BCUT2D eigenvalue weighted by Gasteiger charge is 2.15. The van der Waals surface area contributed by atoms with Gasteiger partial charge in [0.1, 0.15) is 5.69 Å². The Balaban J connectivity index is 1.80. The summed E-state index contributed by atoms with van der Waals surface area (Å²) in [6, 6.07) is 18.5. The number of amides is 1. The maximum absolute atomic E-state index is 12.3. The zero-order chi connectivity index (χ0) is 16.9. The third-order valence-corrected chi connectivity index (χ3v) is 3.46. The lowest BCUT2D eigenvalue weighted by Crippen LogP contribution is -2.13. The van der Waals surface area contributed by atoms with E-state index < -0.39 is 10.8 Å². The fourth-order valence-corrected chi connectivity index (χ4v) is 2.26. The first-order valence-electron chi connectivity index (χ1n) is 7.21. The number of pyridine rings is 1. The van der Waals surface area contributed by atoms with Crippen LogP contribution in [0.5, 0.6) is 0 Å². The second kappa shape index (κ2) is 6.70. The quantitative estimate of drug-likeness (QED) is 0.583. The van der Waals surface area contributed by atoms with Crippen molar-refractivity contribution in [1.82, 2.24) is 4.98 Å². The topological polar surface area (TPSA) is 85.1 Å². The molecule has 118 valence electrons. The van der Waals surface area contributed by atoms with E-state index in [4.69, 9.17) is 0 Å². The molecule has 0 radical (unpaired) electrons. The van der Waals surface area contributed by atoms with Crippen molar-refractivity contribution in [2.24, 2.45) is 0 Å². The number of nitrogens with one attached hydrogen (secondary N) is 1. The SMILES string of the molecule is O=C(Nc1ccccc1[N+](=O)[O-])c1ccc(-c2ccccn2)cc1. The molecule has 0 saturated heterocycles. The van der Waals surface area contributed by atoms with Gasteiger partial charge in [0.2, 0.25) is 0 Å². The van der Waals surface area contributed by atoms with Crippen LogP contribution in [-0.2, 0) is 0 Å². The van der Waals surface area contributed by atoms with Gasteiger partial charge in [0.05, 0.1) is 10.6 Å². The molecule has 1 aromatic heterocycles. The van der Waals surface area contributed by atoms with E-state index in [0.717, 1.165) is 11.3 Å². The van der Waals surface area contributed by atoms with Gasteiger partial charge in [0, 0.05) is 23.4 Å². The Kier molecular flexibility index (Phi) is 4.29. The number of hydrogen-bond donors (Lipinski definition) is 1. The van der Waals surface area contributed by atoms with Crippen LogP contribution in [0.1, 0.15) is 10.4 Å². The fourth-order valence-electron chi connectivity index (χ4n) is 2.26. The van der Waals surface area contributed by atoms with Crippen LogP contribution in [0, 0.1) is 10.1 Å². The van der Waals surface area contributed by atoms with Gasteiger partial charge < -0.3 is 5.32 Å². The number of benzene rings is 2. The van der Waals surface area contributed by atoms with Crippen LogP contribution < -0.4 is 5.32 Å². The lowest BCUT2D eigenvalue weighted by molar-refractivity contribution is -0.383. The molecule has 0 fully saturated rings. The van der Waals surface area contributed by atoms with Crippen LogP contribution in [-0.4, -0.2) is 15.8 Å². The minimum atomic E-state index is -0.528. The Labute approximate surface area is 137 Å². The van der Waals surface area contributed by atoms with Crippen LogP contribution in [0.4, 0.5) is 11.4 Å². The number of nitro benzene ring substituents is 1. The van der Waals surface area contributed by atoms with Crippen molar-refractivity contribution in [3.8, 4) is 11.3 Å². The number of nitro groups is 1. The maximum atomic E-state index is 12.3. The fraction of sp³-hybridized carbons (Fsp3) is 0. The van der Waals surface area contributed by atoms with Crippen LogP contribution in [0.3, 0.4) is 0 Å². The molecular formula is C18H13N3O3. The minimum absolute atomic E-state index is 0.143. The summed E-state index contributed by atoms with van der Waals surface area (Å²) in [7, 11) is 0. The first-order chi connectivity index (χ1) is 11.6. The summed E-state index contributed by atoms with van der Waals surface area (Å²) in [4.78, 5) is 27.0. The number of nitrogens with zero attached hydrogens (tertiary/aromatic N) is 2. The zero-order valence-corrected chi connectivity index (χ0v) is 12.5. The lowest BCUT2D eigenvalue weighted by Gasteiger charge is -2.07. The van der Waals surface area contributed by atoms with E-state index >= 15 is 0 Å². The smallest absolute Gasteiger partial charge is 0.292 e. The highest BCUT2D eigenvalue weighted by molar-refractivity contribution is 6.05. The number of hydrogen-bond acceptors (Lipinski definition) is 4. The normalized spacial score (nSPS) is 10.2. The molecule has 2 aromatic carbocycles. The summed E-state index contributed by atoms with van der Waals surface area (Å²) in [5, 5.41) is 13.6. The van der Waals surface area contributed by atoms with Gasteiger partial charge in [0.25, 0.3) is 11.6 Å². The predicted octanol–water partition coefficient (Wildman–Crippen LogP) is 3.91. The van der Waals surface area contributed by atoms with Crippen LogP contribution in [0.2, 0.25) is 0 Å². The molecule has 6 nitrogen and oxygen atoms in total. The third-order valence-electron chi connectivity index (χ3n) is 3.46. The molecule has 0 aliphatic carbocycles. The first kappa shape index (κ1) is 15.4. The second-order valence-electron chi connectivity index (χ2n) is 5.02. The molecule has 1 amide bonds. The van der Waals surface area contributed by atoms with E-state index in [0.29, 0.717) is 5.56 Å². The third kappa shape index (κ3) is 3.27. The van der Waals surface area contributed by atoms with Gasteiger partial charge in [-0.15, -0.1) is 0 Å². The Morgan fingerprint density at radius 2 is 1.67 bits per heavy atom. The van der Waals surface area contributed by atoms with Gasteiger partial charge in [-0.2, -0.15) is 0 Å². The Bertz CT molecular complexity index is 878. The van der Waals surface area contributed by atoms with Gasteiger partial charge in [0.15, 0.2) is 0 Å². The summed E-state index contributed by atoms with van der Waals surface area (Å²) < 4.78 is 0. The van der Waals surface area contributed by atoms with E-state index in [-0.39, 0.29) is 11.4 Å². The molecule has 1 heterocycles. The molecule has 3 rings (SSSR count). The average Bonchev–Trinajstić information content (AvgIpc) is 2.63. The predicted molar refractivity (Wildman–Crippen MR) is 90.7 cm³/mol. The minimum Gasteiger partial charge on any atom is -0.316 e. The van der Waals surface area contributed by atoms with Gasteiger partial charge >= 0.3 is 0 Å². The van der Waals surface area contributed by atoms with Crippen molar-refractivity contribution in [3.63, 3.8) is 0 Å². The first-order valence-corrected chi connectivity index (χ1v) is 7.21. The molecule has 0 spiro atoms. The number of carbonyl (C=O) groups excluding carboxylic acids is 1. The summed E-state index contributed by atoms with van der Waals surface area (Å²) in [5.41, 5.74) is 2.13. The van der Waals surface area contributed by atoms with Gasteiger partial charge in [-0.25, -0.2) is 0 Å². The molecule has 1 N–H and O–H groups in total. The maximum Gasteiger partial charge on any atom is 0.292 e. The molecule has 0 aliphatic rings. The highest BCUT2D eigenvalue weighted by Crippen LogP contribution is 2.24. The molecule has 0 aliphatic heterocycles. The van der Waals surface area contributed by atoms with Crippen molar-refractivity contribution in [1.29, 1.82) is 0 Å². The van der Waals surface area contributed by atoms with E-state index in [9.17, 15) is 14.9 Å².